The van der Waals surface area contributed by atoms with Crippen molar-refractivity contribution in [1.29, 1.82) is 0 Å². The van der Waals surface area contributed by atoms with E-state index in [-0.39, 0.29) is 36.8 Å². The molecule has 0 aromatic heterocycles. The van der Waals surface area contributed by atoms with Crippen molar-refractivity contribution >= 4 is 23.9 Å². The van der Waals surface area contributed by atoms with Gasteiger partial charge in [0, 0.05) is 11.6 Å². The van der Waals surface area contributed by atoms with E-state index in [2.05, 4.69) is 16.0 Å². The highest BCUT2D eigenvalue weighted by Gasteiger charge is 2.34. The Morgan fingerprint density at radius 3 is 2.36 bits per heavy atom. The zero-order valence-corrected chi connectivity index (χ0v) is 20.3. The fraction of sp³-hybridized carbons (Fsp3) is 0.308. The molecule has 3 rings (SSSR count). The van der Waals surface area contributed by atoms with E-state index in [0.29, 0.717) is 16.9 Å². The summed E-state index contributed by atoms with van der Waals surface area (Å²) in [6.45, 7) is 3.11. The molecule has 10 nitrogen and oxygen atoms in total. The predicted octanol–water partition coefficient (Wildman–Crippen LogP) is 2.62. The molecule has 0 spiro atoms. The molecule has 2 aromatic rings. The van der Waals surface area contributed by atoms with Crippen molar-refractivity contribution in [3.63, 3.8) is 0 Å². The van der Waals surface area contributed by atoms with Crippen molar-refractivity contribution in [2.24, 2.45) is 0 Å². The van der Waals surface area contributed by atoms with Crippen LogP contribution in [0.5, 0.6) is 5.75 Å². The highest BCUT2D eigenvalue weighted by Crippen LogP contribution is 2.29. The molecule has 3 amide bonds. The van der Waals surface area contributed by atoms with Gasteiger partial charge in [-0.1, -0.05) is 30.3 Å². The summed E-state index contributed by atoms with van der Waals surface area (Å²) in [6.07, 6.45) is -0.102. The second kappa shape index (κ2) is 12.4. The number of ether oxygens (including phenoxy) is 3. The molecule has 1 heterocycles. The van der Waals surface area contributed by atoms with Gasteiger partial charge in [-0.2, -0.15) is 0 Å². The maximum atomic E-state index is 12.8. The Labute approximate surface area is 209 Å². The largest absolute Gasteiger partial charge is 0.497 e. The number of esters is 2. The van der Waals surface area contributed by atoms with Gasteiger partial charge in [0.15, 0.2) is 0 Å². The van der Waals surface area contributed by atoms with E-state index >= 15 is 0 Å². The molecule has 2 aromatic carbocycles. The molecule has 0 bridgehead atoms. The zero-order valence-electron chi connectivity index (χ0n) is 20.3. The third-order valence-corrected chi connectivity index (χ3v) is 5.36. The first-order valence-electron chi connectivity index (χ1n) is 11.5. The minimum atomic E-state index is -0.818. The van der Waals surface area contributed by atoms with E-state index in [0.717, 1.165) is 0 Å². The van der Waals surface area contributed by atoms with Crippen molar-refractivity contribution in [3.8, 4) is 5.75 Å². The van der Waals surface area contributed by atoms with E-state index in [4.69, 9.17) is 14.2 Å². The second-order valence-corrected chi connectivity index (χ2v) is 8.02. The number of hydrogen-bond donors (Lipinski definition) is 3. The molecule has 2 unspecified atom stereocenters. The summed E-state index contributed by atoms with van der Waals surface area (Å²) < 4.78 is 15.7. The van der Waals surface area contributed by atoms with Crippen molar-refractivity contribution in [3.05, 3.63) is 77.0 Å². The van der Waals surface area contributed by atoms with E-state index in [9.17, 15) is 19.2 Å². The molecule has 36 heavy (non-hydrogen) atoms. The molecule has 1 aliphatic heterocycles. The van der Waals surface area contributed by atoms with Crippen LogP contribution < -0.4 is 20.7 Å². The van der Waals surface area contributed by atoms with Crippen LogP contribution in [0.3, 0.4) is 0 Å². The number of rotatable bonds is 10. The molecule has 0 saturated heterocycles. The SMILES string of the molecule is CCOC(=O)C1=C(COC(=O)CC(C)NC(=O)c2ccccc2)NC(=O)NC1c1ccc(OC)cc1. The van der Waals surface area contributed by atoms with E-state index in [1.54, 1.807) is 68.4 Å². The van der Waals surface area contributed by atoms with Crippen molar-refractivity contribution in [1.82, 2.24) is 16.0 Å². The molecule has 2 atom stereocenters. The van der Waals surface area contributed by atoms with Crippen molar-refractivity contribution < 1.29 is 33.4 Å². The number of methoxy groups -OCH3 is 1. The van der Waals surface area contributed by atoms with Gasteiger partial charge in [0.25, 0.3) is 5.91 Å². The van der Waals surface area contributed by atoms with Crippen LogP contribution in [0.25, 0.3) is 0 Å². The van der Waals surface area contributed by atoms with Crippen LogP contribution in [0.1, 0.15) is 42.2 Å². The lowest BCUT2D eigenvalue weighted by Gasteiger charge is -2.29. The number of carbonyl (C=O) groups is 4. The Morgan fingerprint density at radius 2 is 1.72 bits per heavy atom. The summed E-state index contributed by atoms with van der Waals surface area (Å²) >= 11 is 0. The predicted molar refractivity (Wildman–Crippen MR) is 130 cm³/mol. The average Bonchev–Trinajstić information content (AvgIpc) is 2.87. The molecule has 3 N–H and O–H groups in total. The first kappa shape index (κ1) is 26.3. The number of carbonyl (C=O) groups excluding carboxylic acids is 4. The number of nitrogens with one attached hydrogen (secondary N) is 3. The zero-order chi connectivity index (χ0) is 26.1. The first-order chi connectivity index (χ1) is 17.3. The van der Waals surface area contributed by atoms with Gasteiger partial charge in [0.2, 0.25) is 0 Å². The molecule has 0 saturated carbocycles. The van der Waals surface area contributed by atoms with E-state index in [1.165, 1.54) is 7.11 Å². The van der Waals surface area contributed by atoms with E-state index in [1.807, 2.05) is 0 Å². The fourth-order valence-corrected chi connectivity index (χ4v) is 3.64. The molecule has 0 aliphatic carbocycles. The second-order valence-electron chi connectivity index (χ2n) is 8.02. The van der Waals surface area contributed by atoms with Gasteiger partial charge in [0.1, 0.15) is 12.4 Å². The number of urea groups is 1. The molecule has 10 heteroatoms. The molecule has 1 aliphatic rings. The Balaban J connectivity index is 1.72. The van der Waals surface area contributed by atoms with Crippen LogP contribution in [0.4, 0.5) is 4.79 Å². The van der Waals surface area contributed by atoms with Gasteiger partial charge < -0.3 is 30.2 Å². The van der Waals surface area contributed by atoms with E-state index < -0.39 is 30.1 Å². The summed E-state index contributed by atoms with van der Waals surface area (Å²) in [5, 5.41) is 7.99. The Kier molecular flexibility index (Phi) is 9.04. The summed E-state index contributed by atoms with van der Waals surface area (Å²) in [5.41, 5.74) is 1.34. The fourth-order valence-electron chi connectivity index (χ4n) is 3.64. The average molecular weight is 496 g/mol. The van der Waals surface area contributed by atoms with Crippen LogP contribution >= 0.6 is 0 Å². The Morgan fingerprint density at radius 1 is 1.03 bits per heavy atom. The number of amides is 3. The molecule has 190 valence electrons. The molecular weight excluding hydrogens is 466 g/mol. The van der Waals surface area contributed by atoms with Crippen LogP contribution in [0, 0.1) is 0 Å². The first-order valence-corrected chi connectivity index (χ1v) is 11.5. The van der Waals surface area contributed by atoms with Crippen molar-refractivity contribution in [2.45, 2.75) is 32.4 Å². The van der Waals surface area contributed by atoms with Gasteiger partial charge in [-0.25, -0.2) is 9.59 Å². The van der Waals surface area contributed by atoms with Crippen molar-refractivity contribution in [2.75, 3.05) is 20.3 Å². The van der Waals surface area contributed by atoms with Crippen LogP contribution in [-0.4, -0.2) is 50.2 Å². The van der Waals surface area contributed by atoms with Gasteiger partial charge in [0.05, 0.1) is 37.4 Å². The summed E-state index contributed by atoms with van der Waals surface area (Å²) in [4.78, 5) is 49.9. The third kappa shape index (κ3) is 6.84. The van der Waals surface area contributed by atoms with Gasteiger partial charge in [-0.05, 0) is 43.7 Å². The van der Waals surface area contributed by atoms with Crippen LogP contribution in [-0.2, 0) is 19.1 Å². The molecular formula is C26H29N3O7. The Bertz CT molecular complexity index is 1130. The highest BCUT2D eigenvalue weighted by atomic mass is 16.5. The summed E-state index contributed by atoms with van der Waals surface area (Å²) in [5.74, 6) is -0.958. The van der Waals surface area contributed by atoms with Gasteiger partial charge in [-0.3, -0.25) is 9.59 Å². The smallest absolute Gasteiger partial charge is 0.338 e. The monoisotopic (exact) mass is 495 g/mol. The minimum Gasteiger partial charge on any atom is -0.497 e. The van der Waals surface area contributed by atoms with Crippen LogP contribution in [0.2, 0.25) is 0 Å². The molecule has 0 radical (unpaired) electrons. The maximum Gasteiger partial charge on any atom is 0.338 e. The topological polar surface area (TPSA) is 132 Å². The quantitative estimate of drug-likeness (QED) is 0.432. The lowest BCUT2D eigenvalue weighted by atomic mass is 9.95. The summed E-state index contributed by atoms with van der Waals surface area (Å²) in [6, 6.07) is 13.6. The molecule has 0 fully saturated rings. The Hall–Kier alpha value is -4.34. The van der Waals surface area contributed by atoms with Gasteiger partial charge in [-0.15, -0.1) is 0 Å². The lowest BCUT2D eigenvalue weighted by Crippen LogP contribution is -2.47. The number of benzene rings is 2. The number of hydrogen-bond acceptors (Lipinski definition) is 7. The maximum absolute atomic E-state index is 12.8. The third-order valence-electron chi connectivity index (χ3n) is 5.36. The normalized spacial score (nSPS) is 15.8. The minimum absolute atomic E-state index is 0.102. The highest BCUT2D eigenvalue weighted by molar-refractivity contribution is 5.95. The standard InChI is InChI=1S/C26H29N3O7/c1-4-35-25(32)22-20(28-26(33)29-23(22)17-10-12-19(34-3)13-11-17)15-36-21(30)14-16(2)27-24(31)18-8-6-5-7-9-18/h5-13,16,23H,4,14-15H2,1-3H3,(H,27,31)(H2,28,29,33). The van der Waals surface area contributed by atoms with Crippen LogP contribution in [0.15, 0.2) is 65.9 Å². The van der Waals surface area contributed by atoms with Gasteiger partial charge >= 0.3 is 18.0 Å². The summed E-state index contributed by atoms with van der Waals surface area (Å²) in [7, 11) is 1.53. The lowest BCUT2D eigenvalue weighted by molar-refractivity contribution is -0.144.